The summed E-state index contributed by atoms with van der Waals surface area (Å²) in [4.78, 5) is 14.4. The Morgan fingerprint density at radius 1 is 1.11 bits per heavy atom. The van der Waals surface area contributed by atoms with Gasteiger partial charge in [-0.05, 0) is 30.8 Å². The van der Waals surface area contributed by atoms with Gasteiger partial charge in [-0.1, -0.05) is 67.4 Å². The van der Waals surface area contributed by atoms with E-state index in [0.717, 1.165) is 36.3 Å². The van der Waals surface area contributed by atoms with Crippen LogP contribution in [0.15, 0.2) is 42.5 Å². The second kappa shape index (κ2) is 8.34. The Balaban J connectivity index is 2.31. The SMILES string of the molecule is CCN(CC)CCn1c(-c2ccccc2)c2cc(Cl)cc(Cl)c2c1C(=O)O. The zero-order chi connectivity index (χ0) is 19.6. The molecule has 2 aromatic carbocycles. The van der Waals surface area contributed by atoms with Crippen molar-refractivity contribution in [3.63, 3.8) is 0 Å². The van der Waals surface area contributed by atoms with Crippen LogP contribution in [0.25, 0.3) is 22.0 Å². The summed E-state index contributed by atoms with van der Waals surface area (Å²) in [5, 5.41) is 12.1. The summed E-state index contributed by atoms with van der Waals surface area (Å²) in [6, 6.07) is 13.2. The van der Waals surface area contributed by atoms with Gasteiger partial charge in [-0.3, -0.25) is 0 Å². The van der Waals surface area contributed by atoms with Crippen molar-refractivity contribution in [2.45, 2.75) is 20.4 Å². The summed E-state index contributed by atoms with van der Waals surface area (Å²) < 4.78 is 1.86. The van der Waals surface area contributed by atoms with E-state index in [1.165, 1.54) is 0 Å². The predicted octanol–water partition coefficient (Wildman–Crippen LogP) is 5.66. The Labute approximate surface area is 168 Å². The minimum absolute atomic E-state index is 0.206. The molecule has 0 amide bonds. The Hall–Kier alpha value is -2.01. The maximum Gasteiger partial charge on any atom is 0.353 e. The molecule has 0 fully saturated rings. The van der Waals surface area contributed by atoms with E-state index in [0.29, 0.717) is 22.0 Å². The highest BCUT2D eigenvalue weighted by Gasteiger charge is 2.25. The van der Waals surface area contributed by atoms with Gasteiger partial charge in [0.05, 0.1) is 10.7 Å². The molecule has 0 aliphatic rings. The number of carboxylic acids is 1. The molecule has 142 valence electrons. The molecule has 1 aromatic heterocycles. The Bertz CT molecular complexity index is 963. The fourth-order valence-corrected chi connectivity index (χ4v) is 4.11. The van der Waals surface area contributed by atoms with Crippen LogP contribution in [0.1, 0.15) is 24.3 Å². The highest BCUT2D eigenvalue weighted by Crippen LogP contribution is 2.39. The number of halogens is 2. The number of fused-ring (bicyclic) bond motifs is 1. The molecule has 0 saturated carbocycles. The number of carbonyl (C=O) groups is 1. The van der Waals surface area contributed by atoms with Gasteiger partial charge < -0.3 is 14.6 Å². The fraction of sp³-hybridized carbons (Fsp3) is 0.286. The molecule has 1 heterocycles. The van der Waals surface area contributed by atoms with Crippen LogP contribution in [0.4, 0.5) is 0 Å². The number of aromatic nitrogens is 1. The van der Waals surface area contributed by atoms with E-state index >= 15 is 0 Å². The molecule has 0 aliphatic carbocycles. The van der Waals surface area contributed by atoms with E-state index in [2.05, 4.69) is 18.7 Å². The normalized spacial score (nSPS) is 11.4. The standard InChI is InChI=1S/C21H22Cl2N2O2/c1-3-24(4-2)10-11-25-19(14-8-6-5-7-9-14)16-12-15(22)13-17(23)18(16)20(25)21(26)27/h5-9,12-13H,3-4,10-11H2,1-2H3,(H,26,27). The molecule has 0 unspecified atom stereocenters. The van der Waals surface area contributed by atoms with Gasteiger partial charge in [0.2, 0.25) is 0 Å². The molecule has 3 rings (SSSR count). The predicted molar refractivity (Wildman–Crippen MR) is 112 cm³/mol. The number of aromatic carboxylic acids is 1. The number of benzene rings is 2. The molecule has 0 saturated heterocycles. The van der Waals surface area contributed by atoms with Crippen molar-refractivity contribution in [1.29, 1.82) is 0 Å². The molecule has 27 heavy (non-hydrogen) atoms. The topological polar surface area (TPSA) is 45.5 Å². The van der Waals surface area contributed by atoms with Gasteiger partial charge in [-0.25, -0.2) is 4.79 Å². The number of carboxylic acid groups (broad SMARTS) is 1. The van der Waals surface area contributed by atoms with E-state index in [1.807, 2.05) is 34.9 Å². The van der Waals surface area contributed by atoms with Crippen LogP contribution in [-0.2, 0) is 6.54 Å². The maximum atomic E-state index is 12.2. The van der Waals surface area contributed by atoms with Crippen molar-refractivity contribution in [2.24, 2.45) is 0 Å². The van der Waals surface area contributed by atoms with Crippen LogP contribution in [0.3, 0.4) is 0 Å². The minimum atomic E-state index is -0.994. The van der Waals surface area contributed by atoms with E-state index in [4.69, 9.17) is 23.2 Å². The lowest BCUT2D eigenvalue weighted by atomic mass is 10.1. The number of likely N-dealkylation sites (N-methyl/N-ethyl adjacent to an activating group) is 1. The van der Waals surface area contributed by atoms with Crippen LogP contribution < -0.4 is 0 Å². The number of rotatable bonds is 7. The molecule has 0 radical (unpaired) electrons. The van der Waals surface area contributed by atoms with Gasteiger partial charge in [0, 0.05) is 28.9 Å². The van der Waals surface area contributed by atoms with Gasteiger partial charge in [-0.15, -0.1) is 0 Å². The zero-order valence-corrected chi connectivity index (χ0v) is 16.9. The Morgan fingerprint density at radius 2 is 1.78 bits per heavy atom. The van der Waals surface area contributed by atoms with Crippen molar-refractivity contribution in [3.8, 4) is 11.3 Å². The summed E-state index contributed by atoms with van der Waals surface area (Å²) in [7, 11) is 0. The number of hydrogen-bond donors (Lipinski definition) is 1. The first-order valence-electron chi connectivity index (χ1n) is 9.00. The van der Waals surface area contributed by atoms with E-state index < -0.39 is 5.97 Å². The maximum absolute atomic E-state index is 12.2. The van der Waals surface area contributed by atoms with Gasteiger partial charge in [0.15, 0.2) is 0 Å². The van der Waals surface area contributed by atoms with E-state index in [1.54, 1.807) is 12.1 Å². The van der Waals surface area contributed by atoms with Crippen molar-refractivity contribution in [3.05, 3.63) is 58.2 Å². The van der Waals surface area contributed by atoms with Crippen molar-refractivity contribution < 1.29 is 9.90 Å². The molecule has 0 atom stereocenters. The van der Waals surface area contributed by atoms with Gasteiger partial charge in [0.1, 0.15) is 5.69 Å². The first kappa shape index (κ1) is 19.7. The van der Waals surface area contributed by atoms with Gasteiger partial charge in [0.25, 0.3) is 0 Å². The quantitative estimate of drug-likeness (QED) is 0.552. The monoisotopic (exact) mass is 404 g/mol. The second-order valence-electron chi connectivity index (χ2n) is 6.36. The number of hydrogen-bond acceptors (Lipinski definition) is 2. The molecule has 3 aromatic rings. The highest BCUT2D eigenvalue weighted by atomic mass is 35.5. The summed E-state index contributed by atoms with van der Waals surface area (Å²) >= 11 is 12.7. The smallest absolute Gasteiger partial charge is 0.353 e. The molecule has 1 N–H and O–H groups in total. The third-order valence-electron chi connectivity index (χ3n) is 4.87. The molecule has 0 spiro atoms. The molecular weight excluding hydrogens is 383 g/mol. The molecule has 4 nitrogen and oxygen atoms in total. The second-order valence-corrected chi connectivity index (χ2v) is 7.20. The highest BCUT2D eigenvalue weighted by molar-refractivity contribution is 6.40. The lowest BCUT2D eigenvalue weighted by Crippen LogP contribution is -2.28. The minimum Gasteiger partial charge on any atom is -0.477 e. The van der Waals surface area contributed by atoms with Crippen molar-refractivity contribution in [2.75, 3.05) is 19.6 Å². The van der Waals surface area contributed by atoms with Crippen LogP contribution >= 0.6 is 23.2 Å². The summed E-state index contributed by atoms with van der Waals surface area (Å²) in [6.07, 6.45) is 0. The van der Waals surface area contributed by atoms with Crippen molar-refractivity contribution >= 4 is 39.9 Å². The third kappa shape index (κ3) is 3.84. The summed E-state index contributed by atoms with van der Waals surface area (Å²) in [5.41, 5.74) is 1.98. The van der Waals surface area contributed by atoms with Crippen LogP contribution in [0.2, 0.25) is 10.0 Å². The number of nitrogens with zero attached hydrogens (tertiary/aromatic N) is 2. The zero-order valence-electron chi connectivity index (χ0n) is 15.4. The molecular formula is C21H22Cl2N2O2. The summed E-state index contributed by atoms with van der Waals surface area (Å²) in [6.45, 7) is 7.32. The summed E-state index contributed by atoms with van der Waals surface area (Å²) in [5.74, 6) is -0.994. The van der Waals surface area contributed by atoms with E-state index in [-0.39, 0.29) is 5.69 Å². The largest absolute Gasteiger partial charge is 0.477 e. The average Bonchev–Trinajstić information content (AvgIpc) is 2.97. The first-order valence-corrected chi connectivity index (χ1v) is 9.75. The first-order chi connectivity index (χ1) is 13.0. The Kier molecular flexibility index (Phi) is 6.10. The molecule has 6 heteroatoms. The van der Waals surface area contributed by atoms with E-state index in [9.17, 15) is 9.90 Å². The van der Waals surface area contributed by atoms with Gasteiger partial charge in [-0.2, -0.15) is 0 Å². The lowest BCUT2D eigenvalue weighted by molar-refractivity contribution is 0.0687. The van der Waals surface area contributed by atoms with Crippen LogP contribution in [0.5, 0.6) is 0 Å². The third-order valence-corrected chi connectivity index (χ3v) is 5.39. The molecule has 0 aliphatic heterocycles. The lowest BCUT2D eigenvalue weighted by Gasteiger charge is -2.20. The van der Waals surface area contributed by atoms with Crippen LogP contribution in [-0.4, -0.2) is 40.2 Å². The van der Waals surface area contributed by atoms with Crippen LogP contribution in [0, 0.1) is 0 Å². The molecule has 0 bridgehead atoms. The van der Waals surface area contributed by atoms with Crippen molar-refractivity contribution in [1.82, 2.24) is 9.47 Å². The fourth-order valence-electron chi connectivity index (χ4n) is 3.53. The Morgan fingerprint density at radius 3 is 2.37 bits per heavy atom. The van der Waals surface area contributed by atoms with Gasteiger partial charge >= 0.3 is 5.97 Å². The average molecular weight is 405 g/mol.